The van der Waals surface area contributed by atoms with Crippen LogP contribution in [0.2, 0.25) is 5.02 Å². The molecule has 2 aromatic carbocycles. The van der Waals surface area contributed by atoms with Crippen LogP contribution in [0, 0.1) is 0 Å². The Morgan fingerprint density at radius 1 is 1.23 bits per heavy atom. The number of methoxy groups -OCH3 is 1. The first-order valence-electron chi connectivity index (χ1n) is 9.62. The molecule has 0 aliphatic carbocycles. The largest absolute Gasteiger partial charge is 0.497 e. The fourth-order valence-electron chi connectivity index (χ4n) is 3.36. The molecule has 1 aromatic heterocycles. The minimum Gasteiger partial charge on any atom is -0.497 e. The molecule has 2 amide bonds. The highest BCUT2D eigenvalue weighted by Crippen LogP contribution is 2.37. The summed E-state index contributed by atoms with van der Waals surface area (Å²) < 4.78 is 11.6. The van der Waals surface area contributed by atoms with Crippen molar-refractivity contribution in [2.24, 2.45) is 0 Å². The Morgan fingerprint density at radius 2 is 2.10 bits per heavy atom. The molecule has 1 unspecified atom stereocenters. The Bertz CT molecular complexity index is 1090. The number of hydrogen-bond donors (Lipinski definition) is 2. The van der Waals surface area contributed by atoms with Crippen LogP contribution in [0.5, 0.6) is 5.75 Å². The van der Waals surface area contributed by atoms with Crippen LogP contribution in [-0.4, -0.2) is 38.2 Å². The molecule has 1 aliphatic heterocycles. The van der Waals surface area contributed by atoms with Gasteiger partial charge < -0.3 is 20.1 Å². The van der Waals surface area contributed by atoms with Gasteiger partial charge in [-0.3, -0.25) is 9.59 Å². The maximum absolute atomic E-state index is 12.8. The molecule has 30 heavy (non-hydrogen) atoms. The predicted molar refractivity (Wildman–Crippen MR) is 119 cm³/mol. The van der Waals surface area contributed by atoms with Gasteiger partial charge in [0.1, 0.15) is 10.6 Å². The number of amides is 2. The van der Waals surface area contributed by atoms with Crippen LogP contribution in [0.4, 0.5) is 5.69 Å². The summed E-state index contributed by atoms with van der Waals surface area (Å²) in [6, 6.07) is 12.3. The van der Waals surface area contributed by atoms with Crippen molar-refractivity contribution in [3.05, 3.63) is 57.9 Å². The van der Waals surface area contributed by atoms with Gasteiger partial charge in [0.25, 0.3) is 11.8 Å². The van der Waals surface area contributed by atoms with Gasteiger partial charge in [-0.1, -0.05) is 17.7 Å². The maximum atomic E-state index is 12.8. The SMILES string of the molecule is COc1ccc2c(Cl)c(C(=O)Nc3cccc(C(=O)NCC4CCCO4)c3)sc2c1. The molecule has 8 heteroatoms. The average Bonchev–Trinajstić information content (AvgIpc) is 3.40. The average molecular weight is 445 g/mol. The quantitative estimate of drug-likeness (QED) is 0.576. The number of carbonyl (C=O) groups excluding carboxylic acids is 2. The zero-order valence-corrected chi connectivity index (χ0v) is 17.9. The third-order valence-electron chi connectivity index (χ3n) is 4.94. The van der Waals surface area contributed by atoms with Crippen molar-refractivity contribution >= 4 is 50.5 Å². The van der Waals surface area contributed by atoms with E-state index in [9.17, 15) is 9.59 Å². The van der Waals surface area contributed by atoms with Gasteiger partial charge in [0.2, 0.25) is 0 Å². The van der Waals surface area contributed by atoms with E-state index in [2.05, 4.69) is 10.6 Å². The van der Waals surface area contributed by atoms with Crippen molar-refractivity contribution in [1.82, 2.24) is 5.32 Å². The van der Waals surface area contributed by atoms with E-state index in [1.165, 1.54) is 11.3 Å². The van der Waals surface area contributed by atoms with Crippen molar-refractivity contribution in [1.29, 1.82) is 0 Å². The zero-order valence-electron chi connectivity index (χ0n) is 16.4. The second-order valence-electron chi connectivity index (χ2n) is 6.99. The van der Waals surface area contributed by atoms with Crippen molar-refractivity contribution in [2.75, 3.05) is 25.6 Å². The molecule has 2 heterocycles. The molecule has 1 saturated heterocycles. The second kappa shape index (κ2) is 9.04. The second-order valence-corrected chi connectivity index (χ2v) is 8.42. The van der Waals surface area contributed by atoms with E-state index in [0.29, 0.717) is 33.4 Å². The van der Waals surface area contributed by atoms with E-state index in [1.54, 1.807) is 37.4 Å². The summed E-state index contributed by atoms with van der Waals surface area (Å²) in [7, 11) is 1.59. The highest BCUT2D eigenvalue weighted by molar-refractivity contribution is 7.21. The lowest BCUT2D eigenvalue weighted by Gasteiger charge is -2.11. The predicted octanol–water partition coefficient (Wildman–Crippen LogP) is 4.72. The molecule has 1 atom stereocenters. The van der Waals surface area contributed by atoms with Crippen LogP contribution in [0.3, 0.4) is 0 Å². The van der Waals surface area contributed by atoms with Gasteiger partial charge in [0.05, 0.1) is 18.2 Å². The molecule has 4 rings (SSSR count). The number of anilines is 1. The van der Waals surface area contributed by atoms with Crippen LogP contribution >= 0.6 is 22.9 Å². The molecule has 0 saturated carbocycles. The van der Waals surface area contributed by atoms with E-state index in [4.69, 9.17) is 21.1 Å². The Labute approximate surface area is 183 Å². The molecule has 2 N–H and O–H groups in total. The lowest BCUT2D eigenvalue weighted by Crippen LogP contribution is -2.31. The van der Waals surface area contributed by atoms with Gasteiger partial charge >= 0.3 is 0 Å². The van der Waals surface area contributed by atoms with Gasteiger partial charge in [0, 0.05) is 34.5 Å². The van der Waals surface area contributed by atoms with Crippen LogP contribution in [0.1, 0.15) is 32.9 Å². The smallest absolute Gasteiger partial charge is 0.267 e. The Hall–Kier alpha value is -2.61. The normalized spacial score (nSPS) is 15.9. The molecule has 1 aliphatic rings. The summed E-state index contributed by atoms with van der Waals surface area (Å²) in [5, 5.41) is 6.92. The molecule has 0 spiro atoms. The van der Waals surface area contributed by atoms with E-state index in [1.807, 2.05) is 12.1 Å². The fourth-order valence-corrected chi connectivity index (χ4v) is 4.80. The lowest BCUT2D eigenvalue weighted by molar-refractivity contribution is 0.0857. The molecular weight excluding hydrogens is 424 g/mol. The standard InChI is InChI=1S/C22H21ClN2O4S/c1-28-15-7-8-17-18(11-15)30-20(19(17)23)22(27)25-14-5-2-4-13(10-14)21(26)24-12-16-6-3-9-29-16/h2,4-5,7-8,10-11,16H,3,6,9,12H2,1H3,(H,24,26)(H,25,27). The summed E-state index contributed by atoms with van der Waals surface area (Å²) in [5.74, 6) is 0.180. The van der Waals surface area contributed by atoms with E-state index >= 15 is 0 Å². The highest BCUT2D eigenvalue weighted by atomic mass is 35.5. The first-order valence-corrected chi connectivity index (χ1v) is 10.8. The summed E-state index contributed by atoms with van der Waals surface area (Å²) in [5.41, 5.74) is 0.994. The molecule has 6 nitrogen and oxygen atoms in total. The van der Waals surface area contributed by atoms with E-state index < -0.39 is 0 Å². The first-order chi connectivity index (χ1) is 14.5. The van der Waals surface area contributed by atoms with Gasteiger partial charge in [0.15, 0.2) is 0 Å². The summed E-state index contributed by atoms with van der Waals surface area (Å²) in [6.07, 6.45) is 2.05. The van der Waals surface area contributed by atoms with Crippen molar-refractivity contribution in [3.8, 4) is 5.75 Å². The number of fused-ring (bicyclic) bond motifs is 1. The van der Waals surface area contributed by atoms with Crippen molar-refractivity contribution < 1.29 is 19.1 Å². The zero-order chi connectivity index (χ0) is 21.1. The van der Waals surface area contributed by atoms with E-state index in [-0.39, 0.29) is 17.9 Å². The third kappa shape index (κ3) is 4.43. The van der Waals surface area contributed by atoms with Crippen LogP contribution < -0.4 is 15.4 Å². The number of thiophene rings is 1. The summed E-state index contributed by atoms with van der Waals surface area (Å²) >= 11 is 7.73. The third-order valence-corrected chi connectivity index (χ3v) is 6.60. The first kappa shape index (κ1) is 20.7. The fraction of sp³-hybridized carbons (Fsp3) is 0.273. The molecule has 0 radical (unpaired) electrons. The lowest BCUT2D eigenvalue weighted by atomic mass is 10.1. The number of carbonyl (C=O) groups is 2. The number of rotatable bonds is 6. The van der Waals surface area contributed by atoms with Gasteiger partial charge in [-0.2, -0.15) is 0 Å². The van der Waals surface area contributed by atoms with Gasteiger partial charge in [-0.05, 0) is 49.2 Å². The molecule has 1 fully saturated rings. The molecule has 3 aromatic rings. The van der Waals surface area contributed by atoms with Gasteiger partial charge in [-0.25, -0.2) is 0 Å². The highest BCUT2D eigenvalue weighted by Gasteiger charge is 2.19. The molecule has 0 bridgehead atoms. The maximum Gasteiger partial charge on any atom is 0.267 e. The topological polar surface area (TPSA) is 76.7 Å². The van der Waals surface area contributed by atoms with Crippen molar-refractivity contribution in [2.45, 2.75) is 18.9 Å². The monoisotopic (exact) mass is 444 g/mol. The number of benzene rings is 2. The van der Waals surface area contributed by atoms with Crippen LogP contribution in [0.15, 0.2) is 42.5 Å². The minimum absolute atomic E-state index is 0.0746. The number of hydrogen-bond acceptors (Lipinski definition) is 5. The minimum atomic E-state index is -0.322. The summed E-state index contributed by atoms with van der Waals surface area (Å²) in [4.78, 5) is 25.6. The number of nitrogens with one attached hydrogen (secondary N) is 2. The Morgan fingerprint density at radius 3 is 2.87 bits per heavy atom. The Balaban J connectivity index is 1.47. The molecular formula is C22H21ClN2O4S. The van der Waals surface area contributed by atoms with Crippen molar-refractivity contribution in [3.63, 3.8) is 0 Å². The number of ether oxygens (including phenoxy) is 2. The van der Waals surface area contributed by atoms with Crippen LogP contribution in [-0.2, 0) is 4.74 Å². The van der Waals surface area contributed by atoms with Crippen LogP contribution in [0.25, 0.3) is 10.1 Å². The Kier molecular flexibility index (Phi) is 6.22. The van der Waals surface area contributed by atoms with E-state index in [0.717, 1.165) is 29.5 Å². The molecule has 156 valence electrons. The summed E-state index contributed by atoms with van der Waals surface area (Å²) in [6.45, 7) is 1.23. The van der Waals surface area contributed by atoms with Gasteiger partial charge in [-0.15, -0.1) is 11.3 Å². The number of halogens is 1.